The van der Waals surface area contributed by atoms with Crippen molar-refractivity contribution in [1.82, 2.24) is 4.90 Å². The summed E-state index contributed by atoms with van der Waals surface area (Å²) < 4.78 is 19.3. The van der Waals surface area contributed by atoms with Crippen LogP contribution < -0.4 is 4.74 Å². The number of halogens is 2. The van der Waals surface area contributed by atoms with E-state index in [2.05, 4.69) is 0 Å². The van der Waals surface area contributed by atoms with Crippen LogP contribution in [0.4, 0.5) is 4.39 Å². The van der Waals surface area contributed by atoms with Crippen LogP contribution in [0.3, 0.4) is 0 Å². The lowest BCUT2D eigenvalue weighted by atomic mass is 10.1. The molecule has 0 aromatic heterocycles. The molecule has 3 nitrogen and oxygen atoms in total. The lowest BCUT2D eigenvalue weighted by Gasteiger charge is -2.27. The molecule has 0 fully saturated rings. The zero-order valence-electron chi connectivity index (χ0n) is 13.2. The second-order valence-electron chi connectivity index (χ2n) is 5.53. The number of benzene rings is 2. The molecule has 1 N–H and O–H groups in total. The summed E-state index contributed by atoms with van der Waals surface area (Å²) in [5.74, 6) is 0.298. The number of nitrogens with zero attached hydrogens (tertiary/aromatic N) is 1. The van der Waals surface area contributed by atoms with Crippen molar-refractivity contribution >= 4 is 11.6 Å². The van der Waals surface area contributed by atoms with Crippen LogP contribution in [0.25, 0.3) is 0 Å². The maximum Gasteiger partial charge on any atom is 0.138 e. The number of hydrogen-bond donors (Lipinski definition) is 1. The number of aliphatic hydroxyl groups is 1. The van der Waals surface area contributed by atoms with Crippen molar-refractivity contribution in [2.45, 2.75) is 19.1 Å². The smallest absolute Gasteiger partial charge is 0.138 e. The minimum absolute atomic E-state index is 0.123. The molecule has 0 aliphatic carbocycles. The van der Waals surface area contributed by atoms with Crippen LogP contribution in [0.1, 0.15) is 18.5 Å². The van der Waals surface area contributed by atoms with Gasteiger partial charge in [-0.05, 0) is 32.2 Å². The van der Waals surface area contributed by atoms with Crippen LogP contribution in [-0.2, 0) is 0 Å². The predicted octanol–water partition coefficient (Wildman–Crippen LogP) is 3.91. The van der Waals surface area contributed by atoms with E-state index < -0.39 is 6.10 Å². The molecule has 2 aromatic carbocycles. The molecule has 0 saturated heterocycles. The standard InChI is InChI=1S/C18H21ClFNO2/c1-13(15-7-3-5-9-17(15)20)21(2)11-14(22)12-23-18-10-6-4-8-16(18)19/h3-10,13-14,22H,11-12H2,1-2H3. The topological polar surface area (TPSA) is 32.7 Å². The van der Waals surface area contributed by atoms with Crippen molar-refractivity contribution in [2.24, 2.45) is 0 Å². The summed E-state index contributed by atoms with van der Waals surface area (Å²) in [4.78, 5) is 1.89. The highest BCUT2D eigenvalue weighted by molar-refractivity contribution is 6.32. The quantitative estimate of drug-likeness (QED) is 0.831. The Balaban J connectivity index is 1.88. The molecule has 2 aromatic rings. The summed E-state index contributed by atoms with van der Waals surface area (Å²) in [6.07, 6.45) is -0.703. The largest absolute Gasteiger partial charge is 0.489 e. The average Bonchev–Trinajstić information content (AvgIpc) is 2.54. The summed E-state index contributed by atoms with van der Waals surface area (Å²) in [5.41, 5.74) is 0.606. The number of likely N-dealkylation sites (N-methyl/N-ethyl adjacent to an activating group) is 1. The molecule has 0 heterocycles. The van der Waals surface area contributed by atoms with Gasteiger partial charge in [-0.15, -0.1) is 0 Å². The molecule has 0 bridgehead atoms. The SMILES string of the molecule is CC(c1ccccc1F)N(C)CC(O)COc1ccccc1Cl. The molecule has 2 unspecified atom stereocenters. The van der Waals surface area contributed by atoms with Gasteiger partial charge in [-0.25, -0.2) is 4.39 Å². The highest BCUT2D eigenvalue weighted by atomic mass is 35.5. The Kier molecular flexibility index (Phi) is 6.39. The highest BCUT2D eigenvalue weighted by Crippen LogP contribution is 2.24. The van der Waals surface area contributed by atoms with Crippen LogP contribution in [0.2, 0.25) is 5.02 Å². The molecule has 0 aliphatic heterocycles. The first-order chi connectivity index (χ1) is 11.0. The van der Waals surface area contributed by atoms with Gasteiger partial charge in [0.15, 0.2) is 0 Å². The maximum atomic E-state index is 13.8. The van der Waals surface area contributed by atoms with Crippen molar-refractivity contribution in [3.63, 3.8) is 0 Å². The zero-order chi connectivity index (χ0) is 16.8. The first-order valence-electron chi connectivity index (χ1n) is 7.49. The zero-order valence-corrected chi connectivity index (χ0v) is 14.0. The first-order valence-corrected chi connectivity index (χ1v) is 7.87. The first kappa shape index (κ1) is 17.7. The Morgan fingerprint density at radius 2 is 1.83 bits per heavy atom. The van der Waals surface area contributed by atoms with Gasteiger partial charge >= 0.3 is 0 Å². The van der Waals surface area contributed by atoms with E-state index >= 15 is 0 Å². The van der Waals surface area contributed by atoms with Crippen molar-refractivity contribution < 1.29 is 14.2 Å². The molecular weight excluding hydrogens is 317 g/mol. The van der Waals surface area contributed by atoms with Crippen LogP contribution in [0, 0.1) is 5.82 Å². The van der Waals surface area contributed by atoms with Crippen LogP contribution in [-0.4, -0.2) is 36.3 Å². The van der Waals surface area contributed by atoms with Gasteiger partial charge in [-0.1, -0.05) is 41.9 Å². The number of para-hydroxylation sites is 1. The Bertz CT molecular complexity index is 638. The molecule has 0 aliphatic rings. The molecular formula is C18H21ClFNO2. The van der Waals surface area contributed by atoms with E-state index in [1.807, 2.05) is 31.0 Å². The number of ether oxygens (including phenoxy) is 1. The van der Waals surface area contributed by atoms with Crippen LogP contribution in [0.5, 0.6) is 5.75 Å². The maximum absolute atomic E-state index is 13.8. The summed E-state index contributed by atoms with van der Waals surface area (Å²) in [6.45, 7) is 2.39. The number of rotatable bonds is 7. The van der Waals surface area contributed by atoms with E-state index in [0.717, 1.165) is 0 Å². The molecule has 0 amide bonds. The fraction of sp³-hybridized carbons (Fsp3) is 0.333. The molecule has 124 valence electrons. The van der Waals surface area contributed by atoms with Gasteiger partial charge < -0.3 is 9.84 Å². The van der Waals surface area contributed by atoms with E-state index in [4.69, 9.17) is 16.3 Å². The molecule has 0 spiro atoms. The van der Waals surface area contributed by atoms with Gasteiger partial charge in [-0.2, -0.15) is 0 Å². The summed E-state index contributed by atoms with van der Waals surface area (Å²) in [6, 6.07) is 13.6. The second-order valence-corrected chi connectivity index (χ2v) is 5.94. The van der Waals surface area contributed by atoms with E-state index in [1.165, 1.54) is 6.07 Å². The van der Waals surface area contributed by atoms with Crippen molar-refractivity contribution in [2.75, 3.05) is 20.2 Å². The van der Waals surface area contributed by atoms with Gasteiger partial charge in [0, 0.05) is 18.2 Å². The van der Waals surface area contributed by atoms with E-state index in [1.54, 1.807) is 30.3 Å². The molecule has 5 heteroatoms. The van der Waals surface area contributed by atoms with Gasteiger partial charge in [-0.3, -0.25) is 4.90 Å². The number of aliphatic hydroxyl groups excluding tert-OH is 1. The summed E-state index contributed by atoms with van der Waals surface area (Å²) in [5, 5.41) is 10.6. The Morgan fingerprint density at radius 1 is 1.17 bits per heavy atom. The third-order valence-corrected chi connectivity index (χ3v) is 4.10. The second kappa shape index (κ2) is 8.29. The lowest BCUT2D eigenvalue weighted by molar-refractivity contribution is 0.0649. The van der Waals surface area contributed by atoms with Crippen molar-refractivity contribution in [3.8, 4) is 5.75 Å². The average molecular weight is 338 g/mol. The Morgan fingerprint density at radius 3 is 2.52 bits per heavy atom. The third kappa shape index (κ3) is 4.93. The van der Waals surface area contributed by atoms with E-state index in [-0.39, 0.29) is 18.5 Å². The predicted molar refractivity (Wildman–Crippen MR) is 90.4 cm³/mol. The van der Waals surface area contributed by atoms with Gasteiger partial charge in [0.1, 0.15) is 24.3 Å². The summed E-state index contributed by atoms with van der Waals surface area (Å²) >= 11 is 6.00. The lowest BCUT2D eigenvalue weighted by Crippen LogP contribution is -2.35. The van der Waals surface area contributed by atoms with Gasteiger partial charge in [0.2, 0.25) is 0 Å². The fourth-order valence-electron chi connectivity index (χ4n) is 2.34. The Hall–Kier alpha value is -1.62. The van der Waals surface area contributed by atoms with Crippen LogP contribution >= 0.6 is 11.6 Å². The van der Waals surface area contributed by atoms with Crippen LogP contribution in [0.15, 0.2) is 48.5 Å². The highest BCUT2D eigenvalue weighted by Gasteiger charge is 2.18. The molecule has 0 radical (unpaired) electrons. The third-order valence-electron chi connectivity index (χ3n) is 3.78. The van der Waals surface area contributed by atoms with E-state index in [9.17, 15) is 9.50 Å². The minimum Gasteiger partial charge on any atom is -0.489 e. The molecule has 2 rings (SSSR count). The van der Waals surface area contributed by atoms with Gasteiger partial charge in [0.05, 0.1) is 5.02 Å². The van der Waals surface area contributed by atoms with Gasteiger partial charge in [0.25, 0.3) is 0 Å². The van der Waals surface area contributed by atoms with E-state index in [0.29, 0.717) is 22.9 Å². The normalized spacial score (nSPS) is 13.8. The monoisotopic (exact) mass is 337 g/mol. The fourth-order valence-corrected chi connectivity index (χ4v) is 2.53. The Labute approximate surface area is 141 Å². The molecule has 23 heavy (non-hydrogen) atoms. The minimum atomic E-state index is -0.703. The van der Waals surface area contributed by atoms with Crippen molar-refractivity contribution in [1.29, 1.82) is 0 Å². The molecule has 0 saturated carbocycles. The van der Waals surface area contributed by atoms with Crippen molar-refractivity contribution in [3.05, 3.63) is 64.9 Å². The summed E-state index contributed by atoms with van der Waals surface area (Å²) in [7, 11) is 1.84. The molecule has 2 atom stereocenters. The number of hydrogen-bond acceptors (Lipinski definition) is 3.